The Morgan fingerprint density at radius 3 is 3.00 bits per heavy atom. The minimum atomic E-state index is -0.0263. The highest BCUT2D eigenvalue weighted by Gasteiger charge is 2.24. The van der Waals surface area contributed by atoms with Crippen LogP contribution in [-0.2, 0) is 0 Å². The molecule has 0 spiro atoms. The number of aromatic nitrogens is 2. The molecule has 1 heterocycles. The number of hydrogen-bond donors (Lipinski definition) is 1. The molecule has 0 radical (unpaired) electrons. The number of nitrogens with two attached hydrogens (primary N) is 1. The van der Waals surface area contributed by atoms with Crippen molar-refractivity contribution >= 4 is 0 Å². The van der Waals surface area contributed by atoms with Gasteiger partial charge in [-0.3, -0.25) is 4.79 Å². The topological polar surface area (TPSA) is 60.9 Å². The largest absolute Gasteiger partial charge is 0.328 e. The van der Waals surface area contributed by atoms with Gasteiger partial charge in [-0.2, -0.15) is 5.10 Å². The van der Waals surface area contributed by atoms with Crippen LogP contribution in [0.5, 0.6) is 0 Å². The summed E-state index contributed by atoms with van der Waals surface area (Å²) in [5.41, 5.74) is 5.74. The van der Waals surface area contributed by atoms with Gasteiger partial charge in [-0.25, -0.2) is 4.68 Å². The Morgan fingerprint density at radius 1 is 1.54 bits per heavy atom. The van der Waals surface area contributed by atoms with Crippen molar-refractivity contribution < 1.29 is 0 Å². The van der Waals surface area contributed by atoms with Crippen LogP contribution in [0.25, 0.3) is 0 Å². The summed E-state index contributed by atoms with van der Waals surface area (Å²) in [6, 6.07) is 3.65. The average Bonchev–Trinajstić information content (AvgIpc) is 2.53. The third kappa shape index (κ3) is 1.62. The van der Waals surface area contributed by atoms with Crippen LogP contribution in [-0.4, -0.2) is 15.8 Å². The summed E-state index contributed by atoms with van der Waals surface area (Å²) in [7, 11) is 0. The van der Waals surface area contributed by atoms with Gasteiger partial charge >= 0.3 is 0 Å². The summed E-state index contributed by atoms with van der Waals surface area (Å²) in [4.78, 5) is 11.4. The van der Waals surface area contributed by atoms with E-state index in [1.165, 1.54) is 6.07 Å². The van der Waals surface area contributed by atoms with E-state index in [0.29, 0.717) is 0 Å². The Balaban J connectivity index is 2.26. The van der Waals surface area contributed by atoms with Crippen LogP contribution in [0.15, 0.2) is 23.1 Å². The van der Waals surface area contributed by atoms with Gasteiger partial charge in [-0.15, -0.1) is 0 Å². The van der Waals surface area contributed by atoms with Gasteiger partial charge < -0.3 is 5.73 Å². The second kappa shape index (κ2) is 3.30. The minimum absolute atomic E-state index is 0.0263. The molecule has 1 aromatic heterocycles. The molecule has 0 aromatic carbocycles. The maximum Gasteiger partial charge on any atom is 0.266 e. The lowest BCUT2D eigenvalue weighted by Gasteiger charge is -2.10. The van der Waals surface area contributed by atoms with Gasteiger partial charge in [0.05, 0.1) is 6.04 Å². The number of rotatable bonds is 1. The highest BCUT2D eigenvalue weighted by atomic mass is 16.1. The van der Waals surface area contributed by atoms with Gasteiger partial charge in [-0.1, -0.05) is 0 Å². The Hall–Kier alpha value is -1.16. The lowest BCUT2D eigenvalue weighted by Crippen LogP contribution is -2.26. The Bertz CT molecular complexity index is 347. The molecular weight excluding hydrogens is 166 g/mol. The second-order valence-corrected chi connectivity index (χ2v) is 3.53. The molecule has 1 aromatic rings. The zero-order valence-electron chi connectivity index (χ0n) is 7.39. The van der Waals surface area contributed by atoms with E-state index in [4.69, 9.17) is 5.73 Å². The fraction of sp³-hybridized carbons (Fsp3) is 0.556. The third-order valence-corrected chi connectivity index (χ3v) is 2.53. The first kappa shape index (κ1) is 8.44. The van der Waals surface area contributed by atoms with Gasteiger partial charge in [-0.05, 0) is 25.3 Å². The van der Waals surface area contributed by atoms with Crippen LogP contribution < -0.4 is 11.3 Å². The van der Waals surface area contributed by atoms with E-state index in [-0.39, 0.29) is 17.6 Å². The number of hydrogen-bond acceptors (Lipinski definition) is 3. The Labute approximate surface area is 76.4 Å². The molecule has 0 aliphatic heterocycles. The van der Waals surface area contributed by atoms with E-state index in [2.05, 4.69) is 5.10 Å². The lowest BCUT2D eigenvalue weighted by molar-refractivity contribution is 0.438. The van der Waals surface area contributed by atoms with Crippen molar-refractivity contribution in [2.24, 2.45) is 5.73 Å². The fourth-order valence-corrected chi connectivity index (χ4v) is 1.86. The molecule has 0 bridgehead atoms. The SMILES string of the molecule is N[C@@H]1CC[C@@H](n2ncccc2=O)C1. The molecule has 70 valence electrons. The number of nitrogens with zero attached hydrogens (tertiary/aromatic N) is 2. The van der Waals surface area contributed by atoms with Gasteiger partial charge in [0.1, 0.15) is 0 Å². The van der Waals surface area contributed by atoms with Gasteiger partial charge in [0, 0.05) is 18.3 Å². The molecule has 1 saturated carbocycles. The Kier molecular flexibility index (Phi) is 2.14. The van der Waals surface area contributed by atoms with Gasteiger partial charge in [0.25, 0.3) is 5.56 Å². The zero-order valence-corrected chi connectivity index (χ0v) is 7.39. The molecule has 13 heavy (non-hydrogen) atoms. The molecule has 0 amide bonds. The van der Waals surface area contributed by atoms with E-state index < -0.39 is 0 Å². The summed E-state index contributed by atoms with van der Waals surface area (Å²) in [5, 5.41) is 4.04. The van der Waals surface area contributed by atoms with Crippen LogP contribution >= 0.6 is 0 Å². The fourth-order valence-electron chi connectivity index (χ4n) is 1.86. The van der Waals surface area contributed by atoms with Crippen molar-refractivity contribution in [3.8, 4) is 0 Å². The monoisotopic (exact) mass is 179 g/mol. The first-order valence-corrected chi connectivity index (χ1v) is 4.57. The highest BCUT2D eigenvalue weighted by Crippen LogP contribution is 2.26. The van der Waals surface area contributed by atoms with E-state index in [1.807, 2.05) is 0 Å². The van der Waals surface area contributed by atoms with E-state index in [1.54, 1.807) is 16.9 Å². The maximum atomic E-state index is 11.4. The third-order valence-electron chi connectivity index (χ3n) is 2.53. The molecule has 1 aliphatic rings. The molecule has 1 aliphatic carbocycles. The molecule has 4 heteroatoms. The van der Waals surface area contributed by atoms with Crippen LogP contribution in [0.2, 0.25) is 0 Å². The van der Waals surface area contributed by atoms with Crippen molar-refractivity contribution in [3.05, 3.63) is 28.7 Å². The summed E-state index contributed by atoms with van der Waals surface area (Å²) in [6.45, 7) is 0. The van der Waals surface area contributed by atoms with E-state index in [9.17, 15) is 4.79 Å². The van der Waals surface area contributed by atoms with E-state index in [0.717, 1.165) is 19.3 Å². The standard InChI is InChI=1S/C9H13N3O/c10-7-3-4-8(6-7)12-9(13)2-1-5-11-12/h1-2,5,7-8H,3-4,6,10H2/t7-,8-/m1/s1. The molecule has 4 nitrogen and oxygen atoms in total. The van der Waals surface area contributed by atoms with Crippen LogP contribution in [0.3, 0.4) is 0 Å². The molecule has 2 atom stereocenters. The first-order valence-electron chi connectivity index (χ1n) is 4.57. The van der Waals surface area contributed by atoms with Crippen molar-refractivity contribution in [1.82, 2.24) is 9.78 Å². The van der Waals surface area contributed by atoms with Gasteiger partial charge in [0.15, 0.2) is 0 Å². The molecule has 0 saturated heterocycles. The summed E-state index contributed by atoms with van der Waals surface area (Å²) < 4.78 is 1.55. The summed E-state index contributed by atoms with van der Waals surface area (Å²) >= 11 is 0. The van der Waals surface area contributed by atoms with Crippen LogP contribution in [0, 0.1) is 0 Å². The van der Waals surface area contributed by atoms with Crippen LogP contribution in [0.4, 0.5) is 0 Å². The van der Waals surface area contributed by atoms with E-state index >= 15 is 0 Å². The molecule has 2 N–H and O–H groups in total. The van der Waals surface area contributed by atoms with Crippen molar-refractivity contribution in [2.75, 3.05) is 0 Å². The predicted molar refractivity (Wildman–Crippen MR) is 49.4 cm³/mol. The van der Waals surface area contributed by atoms with Crippen LogP contribution in [0.1, 0.15) is 25.3 Å². The van der Waals surface area contributed by atoms with Crippen molar-refractivity contribution in [3.63, 3.8) is 0 Å². The van der Waals surface area contributed by atoms with Crippen molar-refractivity contribution in [1.29, 1.82) is 0 Å². The molecule has 2 rings (SSSR count). The molecule has 1 fully saturated rings. The summed E-state index contributed by atoms with van der Waals surface area (Å²) in [6.07, 6.45) is 4.48. The minimum Gasteiger partial charge on any atom is -0.328 e. The van der Waals surface area contributed by atoms with Crippen molar-refractivity contribution in [2.45, 2.75) is 31.3 Å². The van der Waals surface area contributed by atoms with Gasteiger partial charge in [0.2, 0.25) is 0 Å². The quantitative estimate of drug-likeness (QED) is 0.674. The Morgan fingerprint density at radius 2 is 2.38 bits per heavy atom. The highest BCUT2D eigenvalue weighted by molar-refractivity contribution is 4.89. The maximum absolute atomic E-state index is 11.4. The normalized spacial score (nSPS) is 27.8. The summed E-state index contributed by atoms with van der Waals surface area (Å²) in [5.74, 6) is 0. The second-order valence-electron chi connectivity index (χ2n) is 3.53. The zero-order chi connectivity index (χ0) is 9.26. The average molecular weight is 179 g/mol. The molecular formula is C9H13N3O. The predicted octanol–water partition coefficient (Wildman–Crippen LogP) is 0.296. The molecule has 0 unspecified atom stereocenters. The first-order chi connectivity index (χ1) is 6.27. The lowest BCUT2D eigenvalue weighted by atomic mass is 10.2. The smallest absolute Gasteiger partial charge is 0.266 e.